The first-order valence-electron chi connectivity index (χ1n) is 18.5. The molecule has 49 heavy (non-hydrogen) atoms. The van der Waals surface area contributed by atoms with E-state index in [0.717, 1.165) is 50.2 Å². The summed E-state index contributed by atoms with van der Waals surface area (Å²) in [6.45, 7) is 14.4. The Balaban J connectivity index is 1.35. The van der Waals surface area contributed by atoms with Gasteiger partial charge in [-0.3, -0.25) is 14.5 Å². The molecule has 1 heterocycles. The third-order valence-corrected chi connectivity index (χ3v) is 11.3. The van der Waals surface area contributed by atoms with Crippen molar-refractivity contribution in [3.05, 3.63) is 65.2 Å². The van der Waals surface area contributed by atoms with Crippen molar-refractivity contribution < 1.29 is 24.2 Å². The van der Waals surface area contributed by atoms with Crippen LogP contribution in [0.4, 0.5) is 0 Å². The average Bonchev–Trinajstić information content (AvgIpc) is 3.40. The van der Waals surface area contributed by atoms with Crippen LogP contribution in [-0.4, -0.2) is 97.2 Å². The van der Waals surface area contributed by atoms with Gasteiger partial charge in [0.1, 0.15) is 24.0 Å². The highest BCUT2D eigenvalue weighted by molar-refractivity contribution is 5.83. The number of rotatable bonds is 17. The second-order valence-electron chi connectivity index (χ2n) is 16.0. The van der Waals surface area contributed by atoms with E-state index in [9.17, 15) is 9.90 Å². The molecule has 4 aliphatic rings. The Morgan fingerprint density at radius 2 is 1.78 bits per heavy atom. The summed E-state index contributed by atoms with van der Waals surface area (Å²) >= 11 is 0. The summed E-state index contributed by atoms with van der Waals surface area (Å²) in [6.07, 6.45) is 3.23. The van der Waals surface area contributed by atoms with Crippen LogP contribution in [0.1, 0.15) is 77.0 Å². The molecule has 3 saturated carbocycles. The zero-order valence-electron chi connectivity index (χ0n) is 31.2. The molecule has 9 heteroatoms. The summed E-state index contributed by atoms with van der Waals surface area (Å²) in [7, 11) is 6.03. The van der Waals surface area contributed by atoms with Crippen LogP contribution >= 0.6 is 0 Å². The molecular weight excluding hydrogens is 616 g/mol. The summed E-state index contributed by atoms with van der Waals surface area (Å²) in [5.74, 6) is 2.70. The van der Waals surface area contributed by atoms with E-state index in [4.69, 9.17) is 14.3 Å². The summed E-state index contributed by atoms with van der Waals surface area (Å²) in [4.78, 5) is 25.2. The number of nitrogens with zero attached hydrogens (tertiary/aromatic N) is 3. The number of hydroxylamine groups is 2. The molecule has 0 aromatic heterocycles. The fourth-order valence-corrected chi connectivity index (χ4v) is 8.63. The predicted molar refractivity (Wildman–Crippen MR) is 194 cm³/mol. The van der Waals surface area contributed by atoms with Crippen molar-refractivity contribution in [3.63, 3.8) is 0 Å². The van der Waals surface area contributed by atoms with Gasteiger partial charge in [0.15, 0.2) is 0 Å². The lowest BCUT2D eigenvalue weighted by atomic mass is 9.48. The largest absolute Gasteiger partial charge is 0.496 e. The van der Waals surface area contributed by atoms with E-state index in [0.29, 0.717) is 42.4 Å². The van der Waals surface area contributed by atoms with Gasteiger partial charge in [-0.1, -0.05) is 70.2 Å². The number of amides is 1. The molecule has 0 radical (unpaired) electrons. The molecule has 0 unspecified atom stereocenters. The smallest absolute Gasteiger partial charge is 0.242 e. The van der Waals surface area contributed by atoms with E-state index in [-0.39, 0.29) is 18.6 Å². The molecular formula is C40H62N4O5. The van der Waals surface area contributed by atoms with Crippen molar-refractivity contribution in [1.29, 1.82) is 0 Å². The Labute approximate surface area is 295 Å². The minimum absolute atomic E-state index is 0.0714. The third kappa shape index (κ3) is 9.04. The Bertz CT molecular complexity index is 1340. The number of aliphatic hydroxyl groups excluding tert-OH is 1. The van der Waals surface area contributed by atoms with E-state index in [1.54, 1.807) is 12.2 Å². The number of ether oxygens (including phenoxy) is 2. The van der Waals surface area contributed by atoms with Gasteiger partial charge in [0.2, 0.25) is 5.91 Å². The second-order valence-corrected chi connectivity index (χ2v) is 16.0. The number of fused-ring (bicyclic) bond motifs is 2. The number of aliphatic hydroxyl groups is 1. The van der Waals surface area contributed by atoms with Crippen molar-refractivity contribution in [1.82, 2.24) is 20.2 Å². The van der Waals surface area contributed by atoms with Crippen LogP contribution in [0, 0.1) is 23.2 Å². The van der Waals surface area contributed by atoms with E-state index in [1.807, 2.05) is 19.1 Å². The van der Waals surface area contributed by atoms with Gasteiger partial charge in [0.25, 0.3) is 0 Å². The van der Waals surface area contributed by atoms with Crippen LogP contribution in [0.5, 0.6) is 5.75 Å². The number of carbonyl (C=O) groups excluding carboxylic acids is 1. The zero-order chi connectivity index (χ0) is 35.3. The van der Waals surface area contributed by atoms with Crippen LogP contribution in [0.15, 0.2) is 48.5 Å². The molecule has 2 aromatic carbocycles. The lowest BCUT2D eigenvalue weighted by Gasteiger charge is -2.59. The Kier molecular flexibility index (Phi) is 12.8. The molecule has 4 fully saturated rings. The van der Waals surface area contributed by atoms with Crippen molar-refractivity contribution in [2.45, 2.75) is 110 Å². The van der Waals surface area contributed by atoms with Gasteiger partial charge in [-0.05, 0) is 87.1 Å². The maximum Gasteiger partial charge on any atom is 0.242 e. The lowest BCUT2D eigenvalue weighted by molar-refractivity contribution is -0.183. The lowest BCUT2D eigenvalue weighted by Crippen LogP contribution is -2.58. The summed E-state index contributed by atoms with van der Waals surface area (Å²) in [5, 5.41) is 15.4. The first-order valence-corrected chi connectivity index (χ1v) is 18.5. The molecule has 0 spiro atoms. The first-order chi connectivity index (χ1) is 23.4. The highest BCUT2D eigenvalue weighted by atomic mass is 16.7. The van der Waals surface area contributed by atoms with E-state index < -0.39 is 18.2 Å². The van der Waals surface area contributed by atoms with Crippen LogP contribution in [0.2, 0.25) is 0 Å². The Morgan fingerprint density at radius 3 is 2.41 bits per heavy atom. The van der Waals surface area contributed by atoms with E-state index >= 15 is 0 Å². The number of likely N-dealkylation sites (N-methyl/N-ethyl adjacent to an activating group) is 1. The summed E-state index contributed by atoms with van der Waals surface area (Å²) in [6, 6.07) is 16.8. The molecule has 7 atom stereocenters. The van der Waals surface area contributed by atoms with E-state index in [2.05, 4.69) is 93.3 Å². The maximum absolute atomic E-state index is 14.0. The minimum Gasteiger partial charge on any atom is -0.496 e. The standard InChI is InChI=1S/C40H62N4O5/c1-9-48-38-36(26-45)49-44(37(38)39(46)41-33-20-31-19-32(21-33)40(31,4)5)23-29-14-12-13-28(18-29)22-43(34(17-27(2)3)25-42(6)7)24-30-15-10-11-16-35(30)47-8/h10-16,18,27,31-34,36-38,45H,9,17,19-26H2,1-8H3,(H,41,46)/t31-,32+,33+,34-,36-,37-,38+/m0/s1. The number of carbonyl (C=O) groups is 1. The van der Waals surface area contributed by atoms with Crippen LogP contribution < -0.4 is 10.1 Å². The van der Waals surface area contributed by atoms with Gasteiger partial charge in [0, 0.05) is 43.9 Å². The third-order valence-electron chi connectivity index (χ3n) is 11.3. The predicted octanol–water partition coefficient (Wildman–Crippen LogP) is 5.50. The second kappa shape index (κ2) is 16.7. The maximum atomic E-state index is 14.0. The molecule has 3 aliphatic carbocycles. The fourth-order valence-electron chi connectivity index (χ4n) is 8.63. The molecule has 6 rings (SSSR count). The number of hydrogen-bond donors (Lipinski definition) is 2. The van der Waals surface area contributed by atoms with Gasteiger partial charge in [-0.15, -0.1) is 0 Å². The van der Waals surface area contributed by atoms with Crippen LogP contribution in [0.25, 0.3) is 0 Å². The Hall–Kier alpha value is -2.53. The zero-order valence-corrected chi connectivity index (χ0v) is 31.2. The van der Waals surface area contributed by atoms with Gasteiger partial charge in [0.05, 0.1) is 20.3 Å². The minimum atomic E-state index is -0.649. The van der Waals surface area contributed by atoms with Crippen molar-refractivity contribution in [3.8, 4) is 5.75 Å². The van der Waals surface area contributed by atoms with Gasteiger partial charge < -0.3 is 24.8 Å². The molecule has 1 amide bonds. The van der Waals surface area contributed by atoms with Crippen molar-refractivity contribution >= 4 is 5.91 Å². The van der Waals surface area contributed by atoms with Gasteiger partial charge in [-0.2, -0.15) is 5.06 Å². The fraction of sp³-hybridized carbons (Fsp3) is 0.675. The molecule has 272 valence electrons. The number of hydrogen-bond acceptors (Lipinski definition) is 8. The summed E-state index contributed by atoms with van der Waals surface area (Å²) < 4.78 is 11.8. The molecule has 2 N–H and O–H groups in total. The highest BCUT2D eigenvalue weighted by Gasteiger charge is 2.54. The van der Waals surface area contributed by atoms with Crippen molar-refractivity contribution in [2.75, 3.05) is 41.0 Å². The number of nitrogens with one attached hydrogen (secondary N) is 1. The van der Waals surface area contributed by atoms with Crippen molar-refractivity contribution in [2.24, 2.45) is 23.2 Å². The average molecular weight is 679 g/mol. The SMILES string of the molecule is CCO[C@@H]1[C@H](CO)ON(Cc2cccc(CN(Cc3ccccc3OC)[C@@H](CC(C)C)CN(C)C)c2)[C@@H]1C(=O)N[C@@H]1C[C@@H]2C[C@H](C1)C2(C)C. The Morgan fingerprint density at radius 1 is 1.06 bits per heavy atom. The first kappa shape index (κ1) is 37.7. The molecule has 2 bridgehead atoms. The monoisotopic (exact) mass is 678 g/mol. The van der Waals surface area contributed by atoms with Gasteiger partial charge >= 0.3 is 0 Å². The van der Waals surface area contributed by atoms with E-state index in [1.165, 1.54) is 17.5 Å². The number of para-hydroxylation sites is 1. The quantitative estimate of drug-likeness (QED) is 0.227. The summed E-state index contributed by atoms with van der Waals surface area (Å²) in [5.41, 5.74) is 3.79. The highest BCUT2D eigenvalue weighted by Crippen LogP contribution is 2.59. The molecule has 9 nitrogen and oxygen atoms in total. The molecule has 2 aromatic rings. The van der Waals surface area contributed by atoms with Crippen LogP contribution in [-0.2, 0) is 34.0 Å². The topological polar surface area (TPSA) is 86.7 Å². The number of methoxy groups -OCH3 is 1. The number of benzene rings is 2. The molecule has 1 saturated heterocycles. The normalized spacial score (nSPS) is 27.0. The van der Waals surface area contributed by atoms with Crippen LogP contribution in [0.3, 0.4) is 0 Å². The molecule has 1 aliphatic heterocycles. The van der Waals surface area contributed by atoms with Gasteiger partial charge in [-0.25, -0.2) is 0 Å².